The molecule has 0 aliphatic heterocycles. The van der Waals surface area contributed by atoms with E-state index >= 15 is 0 Å². The van der Waals surface area contributed by atoms with Crippen molar-refractivity contribution in [2.45, 2.75) is 27.7 Å². The number of hydrogen-bond acceptors (Lipinski definition) is 5. The van der Waals surface area contributed by atoms with E-state index in [9.17, 15) is 9.59 Å². The molecule has 0 radical (unpaired) electrons. The van der Waals surface area contributed by atoms with E-state index in [1.54, 1.807) is 48.5 Å². The lowest BCUT2D eigenvalue weighted by atomic mass is 10.2. The van der Waals surface area contributed by atoms with Crippen LogP contribution >= 0.6 is 0 Å². The van der Waals surface area contributed by atoms with Crippen molar-refractivity contribution < 1.29 is 14.3 Å². The molecule has 0 aliphatic rings. The van der Waals surface area contributed by atoms with Crippen LogP contribution < -0.4 is 25.2 Å². The highest BCUT2D eigenvalue weighted by Gasteiger charge is 2.10. The molecule has 41 heavy (non-hydrogen) atoms. The number of ether oxygens (including phenoxy) is 1. The van der Waals surface area contributed by atoms with E-state index in [1.165, 1.54) is 0 Å². The van der Waals surface area contributed by atoms with Gasteiger partial charge in [-0.05, 0) is 125 Å². The summed E-state index contributed by atoms with van der Waals surface area (Å²) in [6, 6.07) is 29.6. The number of nitrogens with zero attached hydrogens (tertiary/aromatic N) is 2. The fourth-order valence-corrected chi connectivity index (χ4v) is 4.58. The first kappa shape index (κ1) is 29.2. The molecule has 0 heterocycles. The van der Waals surface area contributed by atoms with Crippen molar-refractivity contribution in [1.29, 1.82) is 0 Å². The molecule has 2 N–H and O–H groups in total. The normalized spacial score (nSPS) is 10.5. The third-order valence-corrected chi connectivity index (χ3v) is 6.98. The van der Waals surface area contributed by atoms with Gasteiger partial charge in [-0.15, -0.1) is 0 Å². The number of nitrogens with one attached hydrogen (secondary N) is 2. The van der Waals surface area contributed by atoms with E-state index < -0.39 is 0 Å². The molecule has 0 saturated heterocycles. The molecular weight excluding hydrogens is 512 g/mol. The van der Waals surface area contributed by atoms with Crippen LogP contribution in [0, 0.1) is 0 Å². The van der Waals surface area contributed by atoms with Gasteiger partial charge in [0.15, 0.2) is 0 Å². The first-order chi connectivity index (χ1) is 19.9. The second-order valence-corrected chi connectivity index (χ2v) is 9.50. The van der Waals surface area contributed by atoms with Crippen molar-refractivity contribution in [1.82, 2.24) is 0 Å². The second kappa shape index (κ2) is 14.0. The van der Waals surface area contributed by atoms with Crippen molar-refractivity contribution in [2.24, 2.45) is 0 Å². The number of anilines is 4. The molecule has 7 heteroatoms. The van der Waals surface area contributed by atoms with Crippen LogP contribution in [0.2, 0.25) is 0 Å². The maximum absolute atomic E-state index is 12.7. The molecule has 212 valence electrons. The molecule has 0 bridgehead atoms. The Bertz CT molecular complexity index is 1300. The zero-order valence-corrected chi connectivity index (χ0v) is 24.2. The van der Waals surface area contributed by atoms with E-state index in [0.717, 1.165) is 48.9 Å². The van der Waals surface area contributed by atoms with Gasteiger partial charge in [0.2, 0.25) is 0 Å². The Morgan fingerprint density at radius 1 is 0.512 bits per heavy atom. The predicted octanol–water partition coefficient (Wildman–Crippen LogP) is 7.68. The summed E-state index contributed by atoms with van der Waals surface area (Å²) >= 11 is 0. The Hall–Kier alpha value is -4.78. The predicted molar refractivity (Wildman–Crippen MR) is 169 cm³/mol. The molecule has 0 spiro atoms. The molecule has 0 aromatic heterocycles. The van der Waals surface area contributed by atoms with E-state index in [0.29, 0.717) is 22.6 Å². The van der Waals surface area contributed by atoms with Gasteiger partial charge >= 0.3 is 0 Å². The Kier molecular flexibility index (Phi) is 9.99. The lowest BCUT2D eigenvalue weighted by molar-refractivity contribution is 0.101. The molecule has 0 saturated carbocycles. The Morgan fingerprint density at radius 2 is 0.829 bits per heavy atom. The molecule has 2 amide bonds. The summed E-state index contributed by atoms with van der Waals surface area (Å²) in [5, 5.41) is 5.88. The molecule has 0 fully saturated rings. The SMILES string of the molecule is CCN(CC)c1ccc(NC(=O)c2ccc(Oc3ccc(C(=O)Nc4ccc(N(CC)CC)cc4)cc3)cc2)cc1. The summed E-state index contributed by atoms with van der Waals surface area (Å²) < 4.78 is 5.93. The average molecular weight is 551 g/mol. The van der Waals surface area contributed by atoms with Crippen LogP contribution in [-0.4, -0.2) is 38.0 Å². The Balaban J connectivity index is 1.30. The summed E-state index contributed by atoms with van der Waals surface area (Å²) in [5.74, 6) is 0.807. The lowest BCUT2D eigenvalue weighted by Gasteiger charge is -2.21. The lowest BCUT2D eigenvalue weighted by Crippen LogP contribution is -2.21. The maximum Gasteiger partial charge on any atom is 0.255 e. The third-order valence-electron chi connectivity index (χ3n) is 6.98. The minimum absolute atomic E-state index is 0.190. The van der Waals surface area contributed by atoms with Crippen LogP contribution in [-0.2, 0) is 0 Å². The minimum Gasteiger partial charge on any atom is -0.457 e. The van der Waals surface area contributed by atoms with Crippen molar-refractivity contribution in [3.05, 3.63) is 108 Å². The summed E-state index contributed by atoms with van der Waals surface area (Å²) in [6.45, 7) is 12.2. The van der Waals surface area contributed by atoms with Crippen LogP contribution in [0.15, 0.2) is 97.1 Å². The number of carbonyl (C=O) groups is 2. The zero-order chi connectivity index (χ0) is 29.2. The van der Waals surface area contributed by atoms with Gasteiger partial charge in [-0.1, -0.05) is 0 Å². The largest absolute Gasteiger partial charge is 0.457 e. The van der Waals surface area contributed by atoms with Crippen LogP contribution in [0.5, 0.6) is 11.5 Å². The fourth-order valence-electron chi connectivity index (χ4n) is 4.58. The molecule has 0 atom stereocenters. The van der Waals surface area contributed by atoms with Gasteiger partial charge in [0.1, 0.15) is 11.5 Å². The molecule has 4 aromatic rings. The molecule has 0 unspecified atom stereocenters. The van der Waals surface area contributed by atoms with Crippen molar-refractivity contribution in [2.75, 3.05) is 46.6 Å². The summed E-state index contributed by atoms with van der Waals surface area (Å²) in [6.07, 6.45) is 0. The number of amides is 2. The van der Waals surface area contributed by atoms with Gasteiger partial charge in [-0.25, -0.2) is 0 Å². The van der Waals surface area contributed by atoms with Gasteiger partial charge in [0.05, 0.1) is 0 Å². The first-order valence-corrected chi connectivity index (χ1v) is 14.1. The van der Waals surface area contributed by atoms with Crippen LogP contribution in [0.4, 0.5) is 22.7 Å². The summed E-state index contributed by atoms with van der Waals surface area (Å²) in [7, 11) is 0. The van der Waals surface area contributed by atoms with E-state index in [1.807, 2.05) is 48.5 Å². The van der Waals surface area contributed by atoms with Gasteiger partial charge in [0.25, 0.3) is 11.8 Å². The smallest absolute Gasteiger partial charge is 0.255 e. The van der Waals surface area contributed by atoms with Gasteiger partial charge in [-0.2, -0.15) is 0 Å². The van der Waals surface area contributed by atoms with E-state index in [4.69, 9.17) is 4.74 Å². The molecule has 0 aliphatic carbocycles. The minimum atomic E-state index is -0.190. The van der Waals surface area contributed by atoms with Gasteiger partial charge < -0.3 is 25.2 Å². The summed E-state index contributed by atoms with van der Waals surface area (Å²) in [4.78, 5) is 29.9. The molecule has 7 nitrogen and oxygen atoms in total. The fraction of sp³-hybridized carbons (Fsp3) is 0.235. The van der Waals surface area contributed by atoms with Gasteiger partial charge in [-0.3, -0.25) is 9.59 Å². The van der Waals surface area contributed by atoms with Crippen molar-refractivity contribution >= 4 is 34.6 Å². The van der Waals surface area contributed by atoms with Crippen LogP contribution in [0.3, 0.4) is 0 Å². The number of rotatable bonds is 12. The molecular formula is C34H38N4O3. The Morgan fingerprint density at radius 3 is 1.12 bits per heavy atom. The Labute approximate surface area is 242 Å². The average Bonchev–Trinajstić information content (AvgIpc) is 3.01. The number of hydrogen-bond donors (Lipinski definition) is 2. The number of benzene rings is 4. The molecule has 4 aromatic carbocycles. The third kappa shape index (κ3) is 7.66. The van der Waals surface area contributed by atoms with Crippen molar-refractivity contribution in [3.8, 4) is 11.5 Å². The van der Waals surface area contributed by atoms with Crippen LogP contribution in [0.1, 0.15) is 48.4 Å². The van der Waals surface area contributed by atoms with Crippen molar-refractivity contribution in [3.63, 3.8) is 0 Å². The summed E-state index contributed by atoms with van der Waals surface area (Å²) in [5.41, 5.74) is 4.80. The quantitative estimate of drug-likeness (QED) is 0.189. The second-order valence-electron chi connectivity index (χ2n) is 9.50. The highest BCUT2D eigenvalue weighted by atomic mass is 16.5. The highest BCUT2D eigenvalue weighted by molar-refractivity contribution is 6.05. The highest BCUT2D eigenvalue weighted by Crippen LogP contribution is 2.24. The standard InChI is InChI=1S/C34H38N4O3/c1-5-37(6-2)29-17-13-27(14-18-29)35-33(39)25-9-21-31(22-10-25)41-32-23-11-26(12-24-32)34(40)36-28-15-19-30(20-16-28)38(7-3)8-4/h9-24H,5-8H2,1-4H3,(H,35,39)(H,36,40). The van der Waals surface area contributed by atoms with E-state index in [-0.39, 0.29) is 11.8 Å². The number of carbonyl (C=O) groups excluding carboxylic acids is 2. The first-order valence-electron chi connectivity index (χ1n) is 14.1. The topological polar surface area (TPSA) is 73.9 Å². The zero-order valence-electron chi connectivity index (χ0n) is 24.2. The monoisotopic (exact) mass is 550 g/mol. The maximum atomic E-state index is 12.7. The molecule has 4 rings (SSSR count). The van der Waals surface area contributed by atoms with E-state index in [2.05, 4.69) is 48.1 Å². The van der Waals surface area contributed by atoms with Crippen LogP contribution in [0.25, 0.3) is 0 Å². The van der Waals surface area contributed by atoms with Gasteiger partial charge in [0, 0.05) is 60.1 Å².